The van der Waals surface area contributed by atoms with Crippen LogP contribution in [0, 0.1) is 0 Å². The summed E-state index contributed by atoms with van der Waals surface area (Å²) in [6.45, 7) is 3.91. The number of guanidine groups is 1. The maximum atomic E-state index is 3.82. The molecule has 0 saturated heterocycles. The lowest BCUT2D eigenvalue weighted by atomic mass is 10.8. The zero-order valence-electron chi connectivity index (χ0n) is 3.83. The third-order valence-electron chi connectivity index (χ3n) is 0.663. The van der Waals surface area contributed by atoms with Crippen LogP contribution in [0.1, 0.15) is 0 Å². The van der Waals surface area contributed by atoms with Crippen molar-refractivity contribution in [3.8, 4) is 0 Å². The Morgan fingerprint density at radius 3 is 3.00 bits per heavy atom. The lowest BCUT2D eigenvalue weighted by Gasteiger charge is -1.75. The summed E-state index contributed by atoms with van der Waals surface area (Å²) in [6.07, 6.45) is 1.70. The molecule has 0 radical (unpaired) electrons. The van der Waals surface area contributed by atoms with E-state index in [9.17, 15) is 0 Å². The van der Waals surface area contributed by atoms with Gasteiger partial charge in [-0.1, -0.05) is 0 Å². The molecule has 1 aliphatic heterocycles. The fraction of sp³-hybridized carbons (Fsp3) is 0.250. The number of hydrogen-bond acceptors (Lipinski definition) is 3. The van der Waals surface area contributed by atoms with Crippen LogP contribution in [-0.2, 0) is 0 Å². The molecule has 0 spiro atoms. The highest BCUT2D eigenvalue weighted by Crippen LogP contribution is 1.86. The van der Waals surface area contributed by atoms with Crippen LogP contribution in [0.3, 0.4) is 0 Å². The molecule has 1 aliphatic rings. The Kier molecular flexibility index (Phi) is 0.978. The van der Waals surface area contributed by atoms with Gasteiger partial charge in [-0.25, -0.2) is 15.0 Å². The third-order valence-corrected chi connectivity index (χ3v) is 0.663. The van der Waals surface area contributed by atoms with Crippen molar-refractivity contribution in [3.05, 3.63) is 0 Å². The van der Waals surface area contributed by atoms with E-state index in [0.29, 0.717) is 12.5 Å². The molecule has 0 aromatic rings. The van der Waals surface area contributed by atoms with Gasteiger partial charge in [0.25, 0.3) is 0 Å². The zero-order chi connectivity index (χ0) is 5.11. The van der Waals surface area contributed by atoms with Gasteiger partial charge in [-0.05, 0) is 6.72 Å². The van der Waals surface area contributed by atoms with Gasteiger partial charge >= 0.3 is 0 Å². The van der Waals surface area contributed by atoms with Crippen molar-refractivity contribution in [2.24, 2.45) is 15.0 Å². The zero-order valence-corrected chi connectivity index (χ0v) is 3.83. The van der Waals surface area contributed by atoms with Crippen LogP contribution in [0.15, 0.2) is 15.0 Å². The maximum Gasteiger partial charge on any atom is 0.244 e. The van der Waals surface area contributed by atoms with Crippen molar-refractivity contribution < 1.29 is 0 Å². The molecule has 0 unspecified atom stereocenters. The van der Waals surface area contributed by atoms with Crippen LogP contribution in [0.25, 0.3) is 0 Å². The Morgan fingerprint density at radius 1 is 1.86 bits per heavy atom. The summed E-state index contributed by atoms with van der Waals surface area (Å²) in [5, 5.41) is 0. The summed E-state index contributed by atoms with van der Waals surface area (Å²) >= 11 is 0. The second kappa shape index (κ2) is 1.64. The minimum absolute atomic E-state index is 0.500. The average molecular weight is 95.1 g/mol. The molecular weight excluding hydrogens is 90.1 g/mol. The molecule has 3 nitrogen and oxygen atoms in total. The van der Waals surface area contributed by atoms with E-state index in [4.69, 9.17) is 0 Å². The summed E-state index contributed by atoms with van der Waals surface area (Å²) in [5.41, 5.74) is 0. The second-order valence-corrected chi connectivity index (χ2v) is 1.11. The van der Waals surface area contributed by atoms with E-state index in [1.807, 2.05) is 0 Å². The molecule has 0 aromatic heterocycles. The Balaban J connectivity index is 2.69. The number of nitrogens with zero attached hydrogens (tertiary/aromatic N) is 3. The van der Waals surface area contributed by atoms with Gasteiger partial charge in [-0.3, -0.25) is 0 Å². The summed E-state index contributed by atoms with van der Waals surface area (Å²) in [4.78, 5) is 11.1. The van der Waals surface area contributed by atoms with Crippen molar-refractivity contribution in [2.45, 2.75) is 0 Å². The summed E-state index contributed by atoms with van der Waals surface area (Å²) in [6, 6.07) is 0. The Hall–Kier alpha value is -0.990. The first-order valence-electron chi connectivity index (χ1n) is 1.97. The quantitative estimate of drug-likeness (QED) is 0.383. The average Bonchev–Trinajstić information content (AvgIpc) is 2.14. The van der Waals surface area contributed by atoms with Gasteiger partial charge in [0.05, 0.1) is 6.54 Å². The van der Waals surface area contributed by atoms with Gasteiger partial charge in [0.15, 0.2) is 0 Å². The summed E-state index contributed by atoms with van der Waals surface area (Å²) in [5.74, 6) is 0.500. The van der Waals surface area contributed by atoms with E-state index in [1.54, 1.807) is 6.21 Å². The van der Waals surface area contributed by atoms with E-state index in [0.717, 1.165) is 0 Å². The highest BCUT2D eigenvalue weighted by molar-refractivity contribution is 5.95. The standard InChI is InChI=1S/C4H5N3/c1-5-4-6-2-3-7-4/h2H,1,3H2. The van der Waals surface area contributed by atoms with E-state index >= 15 is 0 Å². The molecule has 0 N–H and O–H groups in total. The van der Waals surface area contributed by atoms with Crippen LogP contribution < -0.4 is 0 Å². The van der Waals surface area contributed by atoms with Crippen molar-refractivity contribution in [3.63, 3.8) is 0 Å². The molecule has 1 rings (SSSR count). The normalized spacial score (nSPS) is 16.9. The van der Waals surface area contributed by atoms with Gasteiger partial charge in [0, 0.05) is 6.21 Å². The summed E-state index contributed by atoms with van der Waals surface area (Å²) in [7, 11) is 0. The van der Waals surface area contributed by atoms with Crippen LogP contribution in [0.4, 0.5) is 0 Å². The minimum Gasteiger partial charge on any atom is -0.244 e. The molecule has 7 heavy (non-hydrogen) atoms. The second-order valence-electron chi connectivity index (χ2n) is 1.11. The SMILES string of the molecule is C=NC1=NCC=N1. The monoisotopic (exact) mass is 95.0 g/mol. The van der Waals surface area contributed by atoms with E-state index in [-0.39, 0.29) is 0 Å². The van der Waals surface area contributed by atoms with Gasteiger partial charge in [0.1, 0.15) is 0 Å². The molecular formula is C4H5N3. The van der Waals surface area contributed by atoms with E-state index in [2.05, 4.69) is 21.7 Å². The van der Waals surface area contributed by atoms with Crippen molar-refractivity contribution in [2.75, 3.05) is 6.54 Å². The lowest BCUT2D eigenvalue weighted by molar-refractivity contribution is 1.34. The number of aliphatic imine (C=N–C) groups is 3. The molecule has 0 atom stereocenters. The Labute approximate surface area is 41.5 Å². The first kappa shape index (κ1) is 4.18. The van der Waals surface area contributed by atoms with Crippen LogP contribution in [0.5, 0.6) is 0 Å². The molecule has 0 aromatic carbocycles. The van der Waals surface area contributed by atoms with Crippen molar-refractivity contribution in [1.82, 2.24) is 0 Å². The number of hydrogen-bond donors (Lipinski definition) is 0. The van der Waals surface area contributed by atoms with Crippen LogP contribution >= 0.6 is 0 Å². The van der Waals surface area contributed by atoms with Crippen LogP contribution in [0.2, 0.25) is 0 Å². The molecule has 0 fully saturated rings. The minimum atomic E-state index is 0.500. The third kappa shape index (κ3) is 0.707. The highest BCUT2D eigenvalue weighted by Gasteiger charge is 1.91. The molecule has 1 heterocycles. The van der Waals surface area contributed by atoms with Gasteiger partial charge < -0.3 is 0 Å². The molecule has 36 valence electrons. The van der Waals surface area contributed by atoms with Gasteiger partial charge in [0.2, 0.25) is 5.96 Å². The highest BCUT2D eigenvalue weighted by atomic mass is 15.1. The molecule has 3 heteroatoms. The van der Waals surface area contributed by atoms with E-state index in [1.165, 1.54) is 0 Å². The van der Waals surface area contributed by atoms with Gasteiger partial charge in [-0.2, -0.15) is 0 Å². The lowest BCUT2D eigenvalue weighted by Crippen LogP contribution is -1.78. The predicted octanol–water partition coefficient (Wildman–Crippen LogP) is 0.127. The van der Waals surface area contributed by atoms with E-state index < -0.39 is 0 Å². The molecule has 0 amide bonds. The molecule has 0 bridgehead atoms. The fourth-order valence-corrected chi connectivity index (χ4v) is 0.377. The smallest absolute Gasteiger partial charge is 0.244 e. The van der Waals surface area contributed by atoms with Gasteiger partial charge in [-0.15, -0.1) is 0 Å². The topological polar surface area (TPSA) is 37.1 Å². The predicted molar refractivity (Wildman–Crippen MR) is 30.3 cm³/mol. The van der Waals surface area contributed by atoms with Crippen molar-refractivity contribution >= 4 is 18.9 Å². The Morgan fingerprint density at radius 2 is 2.71 bits per heavy atom. The Bertz CT molecular complexity index is 134. The first-order valence-corrected chi connectivity index (χ1v) is 1.97. The maximum absolute atomic E-state index is 3.82. The van der Waals surface area contributed by atoms with Crippen LogP contribution in [-0.4, -0.2) is 25.4 Å². The van der Waals surface area contributed by atoms with Crippen molar-refractivity contribution in [1.29, 1.82) is 0 Å². The fourth-order valence-electron chi connectivity index (χ4n) is 0.377. The first-order chi connectivity index (χ1) is 3.43. The largest absolute Gasteiger partial charge is 0.244 e. The molecule has 0 saturated carbocycles. The summed E-state index contributed by atoms with van der Waals surface area (Å²) < 4.78 is 0. The molecule has 0 aliphatic carbocycles. The number of rotatable bonds is 0.